The molecule has 0 aromatic carbocycles. The summed E-state index contributed by atoms with van der Waals surface area (Å²) in [6.45, 7) is 7.26. The first-order valence-corrected chi connectivity index (χ1v) is 17.6. The topological polar surface area (TPSA) is 105 Å². The van der Waals surface area contributed by atoms with Gasteiger partial charge in [-0.3, -0.25) is 19.2 Å². The van der Waals surface area contributed by atoms with Crippen molar-refractivity contribution in [2.45, 2.75) is 143 Å². The second-order valence-corrected chi connectivity index (χ2v) is 12.3. The monoisotopic (exact) mass is 644 g/mol. The molecule has 0 radical (unpaired) electrons. The molecule has 0 fully saturated rings. The molecule has 0 saturated carbocycles. The number of allylic oxidation sites excluding steroid dienone is 6. The Kier molecular flexibility index (Phi) is 24.0. The van der Waals surface area contributed by atoms with Crippen molar-refractivity contribution in [3.8, 4) is 0 Å². The van der Waals surface area contributed by atoms with E-state index in [9.17, 15) is 19.2 Å². The SMILES string of the molecule is CC(=O)O/C1=C/C=C\C(C)C(=O)OCCCCCCCCCC/C(OC(C)=O)=C\C=C/C(C)C(=O)OCCCCCCCCCC1. The second-order valence-electron chi connectivity index (χ2n) is 12.3. The standard InChI is InChI=1S/C38H60O8/c1-31-23-21-27-35(45-33(3)39)25-17-13-9-6-8-12-16-20-30-44-38(42)32(2)24-22-28-36(46-34(4)40)26-18-14-10-5-7-11-15-19-29-43-37(31)41/h21-24,27-28,31-32H,5-20,25-26,29-30H2,1-4H3/b23-21-,24-22-,35-27+,36-28+. The van der Waals surface area contributed by atoms with Gasteiger partial charge in [0.25, 0.3) is 0 Å². The van der Waals surface area contributed by atoms with Gasteiger partial charge in [-0.15, -0.1) is 0 Å². The van der Waals surface area contributed by atoms with Gasteiger partial charge in [-0.2, -0.15) is 0 Å². The number of carbonyl (C=O) groups is 4. The second kappa shape index (κ2) is 27.0. The highest BCUT2D eigenvalue weighted by Gasteiger charge is 2.12. The molecule has 1 aliphatic rings. The zero-order chi connectivity index (χ0) is 33.8. The smallest absolute Gasteiger partial charge is 0.312 e. The fourth-order valence-corrected chi connectivity index (χ4v) is 5.05. The lowest BCUT2D eigenvalue weighted by atomic mass is 10.1. The summed E-state index contributed by atoms with van der Waals surface area (Å²) in [6.07, 6.45) is 28.6. The predicted molar refractivity (Wildman–Crippen MR) is 181 cm³/mol. The van der Waals surface area contributed by atoms with E-state index in [4.69, 9.17) is 18.9 Å². The Labute approximate surface area is 278 Å². The minimum atomic E-state index is -0.375. The predicted octanol–water partition coefficient (Wildman–Crippen LogP) is 9.39. The summed E-state index contributed by atoms with van der Waals surface area (Å²) < 4.78 is 21.7. The van der Waals surface area contributed by atoms with Crippen LogP contribution in [-0.2, 0) is 38.1 Å². The van der Waals surface area contributed by atoms with Crippen LogP contribution in [0.2, 0.25) is 0 Å². The van der Waals surface area contributed by atoms with Gasteiger partial charge in [0.15, 0.2) is 0 Å². The molecule has 1 heterocycles. The summed E-state index contributed by atoms with van der Waals surface area (Å²) in [6, 6.07) is 0. The molecule has 0 saturated heterocycles. The van der Waals surface area contributed by atoms with Gasteiger partial charge in [0.05, 0.1) is 25.0 Å². The highest BCUT2D eigenvalue weighted by Crippen LogP contribution is 2.17. The normalized spacial score (nSPS) is 26.3. The molecule has 46 heavy (non-hydrogen) atoms. The van der Waals surface area contributed by atoms with Crippen molar-refractivity contribution < 1.29 is 38.1 Å². The molecule has 0 aromatic rings. The summed E-state index contributed by atoms with van der Waals surface area (Å²) in [5.41, 5.74) is 0. The maximum atomic E-state index is 12.4. The summed E-state index contributed by atoms with van der Waals surface area (Å²) in [5, 5.41) is 0. The van der Waals surface area contributed by atoms with Crippen molar-refractivity contribution in [2.75, 3.05) is 13.2 Å². The van der Waals surface area contributed by atoms with Crippen LogP contribution in [0, 0.1) is 11.8 Å². The van der Waals surface area contributed by atoms with Crippen LogP contribution in [-0.4, -0.2) is 37.1 Å². The van der Waals surface area contributed by atoms with E-state index < -0.39 is 0 Å². The lowest BCUT2D eigenvalue weighted by molar-refractivity contribution is -0.147. The molecule has 8 nitrogen and oxygen atoms in total. The van der Waals surface area contributed by atoms with Gasteiger partial charge in [0.2, 0.25) is 0 Å². The summed E-state index contributed by atoms with van der Waals surface area (Å²) >= 11 is 0. The van der Waals surface area contributed by atoms with Crippen LogP contribution in [0.3, 0.4) is 0 Å². The van der Waals surface area contributed by atoms with Gasteiger partial charge >= 0.3 is 23.9 Å². The lowest BCUT2D eigenvalue weighted by Crippen LogP contribution is -2.13. The van der Waals surface area contributed by atoms with Crippen LogP contribution in [0.5, 0.6) is 0 Å². The van der Waals surface area contributed by atoms with Crippen LogP contribution in [0.15, 0.2) is 48.0 Å². The van der Waals surface area contributed by atoms with Crippen LogP contribution < -0.4 is 0 Å². The third-order valence-electron chi connectivity index (χ3n) is 7.78. The zero-order valence-corrected chi connectivity index (χ0v) is 29.0. The first kappa shape index (κ1) is 40.9. The van der Waals surface area contributed by atoms with Gasteiger partial charge in [-0.05, 0) is 51.7 Å². The fraction of sp³-hybridized carbons (Fsp3) is 0.684. The molecule has 0 aromatic heterocycles. The minimum absolute atomic E-state index is 0.246. The molecular weight excluding hydrogens is 584 g/mol. The van der Waals surface area contributed by atoms with Crippen molar-refractivity contribution in [3.63, 3.8) is 0 Å². The molecule has 1 aliphatic heterocycles. The molecule has 2 unspecified atom stereocenters. The zero-order valence-electron chi connectivity index (χ0n) is 29.0. The number of hydrogen-bond acceptors (Lipinski definition) is 8. The Morgan fingerprint density at radius 1 is 0.543 bits per heavy atom. The van der Waals surface area contributed by atoms with E-state index in [2.05, 4.69) is 0 Å². The van der Waals surface area contributed by atoms with Crippen molar-refractivity contribution >= 4 is 23.9 Å². The Morgan fingerprint density at radius 3 is 1.17 bits per heavy atom. The molecule has 260 valence electrons. The molecule has 0 spiro atoms. The maximum absolute atomic E-state index is 12.4. The number of hydrogen-bond donors (Lipinski definition) is 0. The molecule has 1 rings (SSSR count). The Balaban J connectivity index is 2.65. The highest BCUT2D eigenvalue weighted by atomic mass is 16.5. The van der Waals surface area contributed by atoms with Crippen molar-refractivity contribution in [1.29, 1.82) is 0 Å². The van der Waals surface area contributed by atoms with Crippen LogP contribution in [0.1, 0.15) is 143 Å². The van der Waals surface area contributed by atoms with Gasteiger partial charge in [0, 0.05) is 26.7 Å². The van der Waals surface area contributed by atoms with E-state index in [0.717, 1.165) is 103 Å². The van der Waals surface area contributed by atoms with Crippen LogP contribution >= 0.6 is 0 Å². The number of ether oxygens (including phenoxy) is 4. The number of rotatable bonds is 2. The van der Waals surface area contributed by atoms with Gasteiger partial charge in [-0.25, -0.2) is 0 Å². The fourth-order valence-electron chi connectivity index (χ4n) is 5.05. The average molecular weight is 645 g/mol. The third kappa shape index (κ3) is 23.2. The molecule has 0 bridgehead atoms. The molecular formula is C38H60O8. The van der Waals surface area contributed by atoms with E-state index in [1.807, 2.05) is 13.8 Å². The highest BCUT2D eigenvalue weighted by molar-refractivity contribution is 5.74. The first-order valence-electron chi connectivity index (χ1n) is 17.6. The average Bonchev–Trinajstić information content (AvgIpc) is 3.00. The number of cyclic esters (lactones) is 2. The minimum Gasteiger partial charge on any atom is -0.465 e. The van der Waals surface area contributed by atoms with Crippen molar-refractivity contribution in [1.82, 2.24) is 0 Å². The van der Waals surface area contributed by atoms with E-state index in [0.29, 0.717) is 37.6 Å². The van der Waals surface area contributed by atoms with Gasteiger partial charge < -0.3 is 18.9 Å². The van der Waals surface area contributed by atoms with Crippen molar-refractivity contribution in [3.05, 3.63) is 48.0 Å². The van der Waals surface area contributed by atoms with Crippen LogP contribution in [0.25, 0.3) is 0 Å². The van der Waals surface area contributed by atoms with Crippen LogP contribution in [0.4, 0.5) is 0 Å². The summed E-state index contributed by atoms with van der Waals surface area (Å²) in [4.78, 5) is 47.8. The molecule has 0 aliphatic carbocycles. The molecule has 0 N–H and O–H groups in total. The Bertz CT molecular complexity index is 926. The summed E-state index contributed by atoms with van der Waals surface area (Å²) in [5.74, 6) is -0.697. The largest absolute Gasteiger partial charge is 0.465 e. The number of carbonyl (C=O) groups excluding carboxylic acids is 4. The Hall–Kier alpha value is -3.16. The molecule has 2 atom stereocenters. The quantitative estimate of drug-likeness (QED) is 0.216. The number of esters is 4. The van der Waals surface area contributed by atoms with E-state index >= 15 is 0 Å². The van der Waals surface area contributed by atoms with E-state index in [1.165, 1.54) is 13.8 Å². The molecule has 0 amide bonds. The van der Waals surface area contributed by atoms with Crippen molar-refractivity contribution in [2.24, 2.45) is 11.8 Å². The third-order valence-corrected chi connectivity index (χ3v) is 7.78. The van der Waals surface area contributed by atoms with Gasteiger partial charge in [0.1, 0.15) is 11.5 Å². The molecule has 8 heteroatoms. The van der Waals surface area contributed by atoms with Gasteiger partial charge in [-0.1, -0.05) is 101 Å². The maximum Gasteiger partial charge on any atom is 0.312 e. The first-order chi connectivity index (χ1) is 22.2. The van der Waals surface area contributed by atoms with E-state index in [1.54, 1.807) is 36.5 Å². The lowest BCUT2D eigenvalue weighted by Gasteiger charge is -2.09. The van der Waals surface area contributed by atoms with E-state index in [-0.39, 0.29) is 35.7 Å². The Morgan fingerprint density at radius 2 is 0.848 bits per heavy atom. The summed E-state index contributed by atoms with van der Waals surface area (Å²) in [7, 11) is 0.